The van der Waals surface area contributed by atoms with Gasteiger partial charge in [-0.1, -0.05) is 20.8 Å². The maximum Gasteiger partial charge on any atom is 0.198 e. The number of hydrogen-bond acceptors (Lipinski definition) is 3. The zero-order chi connectivity index (χ0) is 13.5. The standard InChI is InChI=1S/C16H22N2O/c1-16(2,3)8-9-17-12-6-7-14-13(10-12)18-15(19-14)11-4-5-11/h6-7,10-11,17H,4-5,8-9H2,1-3H3. The van der Waals surface area contributed by atoms with Crippen molar-refractivity contribution in [3.63, 3.8) is 0 Å². The van der Waals surface area contributed by atoms with E-state index in [2.05, 4.69) is 43.2 Å². The summed E-state index contributed by atoms with van der Waals surface area (Å²) >= 11 is 0. The van der Waals surface area contributed by atoms with Gasteiger partial charge in [-0.05, 0) is 42.9 Å². The highest BCUT2D eigenvalue weighted by Crippen LogP contribution is 2.40. The number of nitrogens with zero attached hydrogens (tertiary/aromatic N) is 1. The van der Waals surface area contributed by atoms with Gasteiger partial charge in [-0.25, -0.2) is 4.98 Å². The van der Waals surface area contributed by atoms with Crippen LogP contribution in [0, 0.1) is 5.41 Å². The van der Waals surface area contributed by atoms with E-state index in [9.17, 15) is 0 Å². The van der Waals surface area contributed by atoms with Gasteiger partial charge in [0.1, 0.15) is 5.52 Å². The molecule has 19 heavy (non-hydrogen) atoms. The van der Waals surface area contributed by atoms with Crippen LogP contribution >= 0.6 is 0 Å². The van der Waals surface area contributed by atoms with Crippen LogP contribution in [0.25, 0.3) is 11.1 Å². The molecule has 0 bridgehead atoms. The van der Waals surface area contributed by atoms with Gasteiger partial charge in [0.05, 0.1) is 0 Å². The van der Waals surface area contributed by atoms with Crippen molar-refractivity contribution in [2.24, 2.45) is 5.41 Å². The number of fused-ring (bicyclic) bond motifs is 1. The van der Waals surface area contributed by atoms with Crippen LogP contribution in [0.15, 0.2) is 22.6 Å². The first-order chi connectivity index (χ1) is 9.01. The fourth-order valence-corrected chi connectivity index (χ4v) is 2.14. The van der Waals surface area contributed by atoms with Crippen LogP contribution in [-0.4, -0.2) is 11.5 Å². The van der Waals surface area contributed by atoms with E-state index in [1.165, 1.54) is 12.8 Å². The van der Waals surface area contributed by atoms with Gasteiger partial charge < -0.3 is 9.73 Å². The Morgan fingerprint density at radius 2 is 2.11 bits per heavy atom. The maximum absolute atomic E-state index is 5.77. The van der Waals surface area contributed by atoms with Gasteiger partial charge >= 0.3 is 0 Å². The minimum Gasteiger partial charge on any atom is -0.440 e. The number of oxazole rings is 1. The summed E-state index contributed by atoms with van der Waals surface area (Å²) in [6.07, 6.45) is 3.60. The van der Waals surface area contributed by atoms with Gasteiger partial charge in [0, 0.05) is 18.2 Å². The lowest BCUT2D eigenvalue weighted by Gasteiger charge is -2.18. The summed E-state index contributed by atoms with van der Waals surface area (Å²) in [7, 11) is 0. The summed E-state index contributed by atoms with van der Waals surface area (Å²) in [5, 5.41) is 3.47. The third-order valence-electron chi connectivity index (χ3n) is 3.53. The highest BCUT2D eigenvalue weighted by Gasteiger charge is 2.28. The number of hydrogen-bond donors (Lipinski definition) is 1. The molecule has 3 heteroatoms. The smallest absolute Gasteiger partial charge is 0.198 e. The van der Waals surface area contributed by atoms with Crippen molar-refractivity contribution >= 4 is 16.8 Å². The first-order valence-electron chi connectivity index (χ1n) is 7.16. The van der Waals surface area contributed by atoms with Crippen LogP contribution in [0.4, 0.5) is 5.69 Å². The van der Waals surface area contributed by atoms with Crippen LogP contribution in [0.1, 0.15) is 51.8 Å². The summed E-state index contributed by atoms with van der Waals surface area (Å²) in [6.45, 7) is 7.77. The zero-order valence-electron chi connectivity index (χ0n) is 12.0. The monoisotopic (exact) mass is 258 g/mol. The molecule has 0 saturated heterocycles. The SMILES string of the molecule is CC(C)(C)CCNc1ccc2oc(C3CC3)nc2c1. The second-order valence-corrected chi connectivity index (χ2v) is 6.75. The Balaban J connectivity index is 1.70. The molecule has 1 aromatic carbocycles. The minimum atomic E-state index is 0.365. The van der Waals surface area contributed by atoms with Gasteiger partial charge in [-0.2, -0.15) is 0 Å². The first-order valence-corrected chi connectivity index (χ1v) is 7.16. The van der Waals surface area contributed by atoms with Crippen molar-refractivity contribution in [3.05, 3.63) is 24.1 Å². The van der Waals surface area contributed by atoms with Crippen LogP contribution < -0.4 is 5.32 Å². The Morgan fingerprint density at radius 1 is 1.32 bits per heavy atom. The molecule has 1 heterocycles. The average Bonchev–Trinajstić information content (AvgIpc) is 3.08. The highest BCUT2D eigenvalue weighted by molar-refractivity contribution is 5.77. The minimum absolute atomic E-state index is 0.365. The van der Waals surface area contributed by atoms with Crippen molar-refractivity contribution in [2.75, 3.05) is 11.9 Å². The molecule has 0 radical (unpaired) electrons. The zero-order valence-corrected chi connectivity index (χ0v) is 12.0. The lowest BCUT2D eigenvalue weighted by Crippen LogP contribution is -2.12. The molecule has 0 unspecified atom stereocenters. The van der Waals surface area contributed by atoms with Gasteiger partial charge in [-0.15, -0.1) is 0 Å². The predicted octanol–water partition coefficient (Wildman–Crippen LogP) is 4.55. The molecular formula is C16H22N2O. The van der Waals surface area contributed by atoms with Gasteiger partial charge in [0.25, 0.3) is 0 Å². The van der Waals surface area contributed by atoms with E-state index in [1.54, 1.807) is 0 Å². The number of aromatic nitrogens is 1. The molecule has 3 nitrogen and oxygen atoms in total. The molecule has 3 rings (SSSR count). The lowest BCUT2D eigenvalue weighted by atomic mass is 9.92. The van der Waals surface area contributed by atoms with Crippen LogP contribution in [0.5, 0.6) is 0 Å². The molecule has 1 aliphatic carbocycles. The Morgan fingerprint density at radius 3 is 2.79 bits per heavy atom. The molecule has 2 aromatic rings. The molecule has 0 atom stereocenters. The van der Waals surface area contributed by atoms with E-state index in [-0.39, 0.29) is 0 Å². The van der Waals surface area contributed by atoms with E-state index in [0.29, 0.717) is 11.3 Å². The van der Waals surface area contributed by atoms with E-state index >= 15 is 0 Å². The summed E-state index contributed by atoms with van der Waals surface area (Å²) in [5.41, 5.74) is 3.38. The molecule has 1 fully saturated rings. The predicted molar refractivity (Wildman–Crippen MR) is 78.5 cm³/mol. The fraction of sp³-hybridized carbons (Fsp3) is 0.562. The lowest BCUT2D eigenvalue weighted by molar-refractivity contribution is 0.390. The number of anilines is 1. The normalized spacial score (nSPS) is 15.9. The third kappa shape index (κ3) is 3.09. The van der Waals surface area contributed by atoms with Gasteiger partial charge in [0.15, 0.2) is 11.5 Å². The second kappa shape index (κ2) is 4.55. The molecule has 1 saturated carbocycles. The molecule has 1 aromatic heterocycles. The molecule has 0 spiro atoms. The van der Waals surface area contributed by atoms with Crippen LogP contribution in [0.2, 0.25) is 0 Å². The Hall–Kier alpha value is -1.51. The van der Waals surface area contributed by atoms with E-state index in [4.69, 9.17) is 4.42 Å². The largest absolute Gasteiger partial charge is 0.440 e. The maximum atomic E-state index is 5.77. The van der Waals surface area contributed by atoms with Crippen molar-refractivity contribution in [2.45, 2.75) is 46.0 Å². The average molecular weight is 258 g/mol. The molecular weight excluding hydrogens is 236 g/mol. The number of benzene rings is 1. The summed E-state index contributed by atoms with van der Waals surface area (Å²) in [4.78, 5) is 4.59. The molecule has 0 amide bonds. The third-order valence-corrected chi connectivity index (χ3v) is 3.53. The summed E-state index contributed by atoms with van der Waals surface area (Å²) < 4.78 is 5.77. The Kier molecular flexibility index (Phi) is 3.00. The van der Waals surface area contributed by atoms with Crippen LogP contribution in [0.3, 0.4) is 0 Å². The Bertz CT molecular complexity index is 576. The molecule has 1 N–H and O–H groups in total. The van der Waals surface area contributed by atoms with Crippen molar-refractivity contribution in [1.29, 1.82) is 0 Å². The molecule has 0 aliphatic heterocycles. The Labute approximate surface area is 114 Å². The van der Waals surface area contributed by atoms with E-state index in [0.717, 1.165) is 35.6 Å². The number of nitrogens with one attached hydrogen (secondary N) is 1. The fourth-order valence-electron chi connectivity index (χ4n) is 2.14. The van der Waals surface area contributed by atoms with E-state index in [1.807, 2.05) is 6.07 Å². The van der Waals surface area contributed by atoms with Gasteiger partial charge in [0.2, 0.25) is 0 Å². The summed E-state index contributed by atoms with van der Waals surface area (Å²) in [5.74, 6) is 1.49. The van der Waals surface area contributed by atoms with E-state index < -0.39 is 0 Å². The van der Waals surface area contributed by atoms with Crippen LogP contribution in [-0.2, 0) is 0 Å². The number of rotatable bonds is 4. The highest BCUT2D eigenvalue weighted by atomic mass is 16.3. The van der Waals surface area contributed by atoms with Crippen molar-refractivity contribution in [1.82, 2.24) is 4.98 Å². The van der Waals surface area contributed by atoms with Crippen molar-refractivity contribution < 1.29 is 4.42 Å². The molecule has 102 valence electrons. The topological polar surface area (TPSA) is 38.1 Å². The van der Waals surface area contributed by atoms with Crippen molar-refractivity contribution in [3.8, 4) is 0 Å². The summed E-state index contributed by atoms with van der Waals surface area (Å²) in [6, 6.07) is 6.19. The van der Waals surface area contributed by atoms with Gasteiger partial charge in [-0.3, -0.25) is 0 Å². The molecule has 1 aliphatic rings. The first kappa shape index (κ1) is 12.5. The second-order valence-electron chi connectivity index (χ2n) is 6.75. The quantitative estimate of drug-likeness (QED) is 0.874.